The molecule has 2 heterocycles. The number of halogens is 1. The molecular formula is C12H9IN6O2. The minimum atomic E-state index is -0.428. The average Bonchev–Trinajstić information content (AvgIpc) is 2.88. The van der Waals surface area contributed by atoms with Gasteiger partial charge in [-0.15, -0.1) is 0 Å². The molecule has 0 aliphatic heterocycles. The van der Waals surface area contributed by atoms with Gasteiger partial charge in [-0.2, -0.15) is 9.61 Å². The molecule has 0 amide bonds. The second-order valence-electron chi connectivity index (χ2n) is 4.23. The van der Waals surface area contributed by atoms with Gasteiger partial charge in [0.25, 0.3) is 5.69 Å². The summed E-state index contributed by atoms with van der Waals surface area (Å²) in [4.78, 5) is 20.5. The number of nitro benzene ring substituents is 1. The molecule has 3 rings (SSSR count). The first-order valence-electron chi connectivity index (χ1n) is 5.90. The molecule has 3 aromatic rings. The molecule has 0 atom stereocenters. The number of fused-ring (bicyclic) bond motifs is 1. The number of nitrogens with zero attached hydrogens (tertiary/aromatic N) is 6. The molecule has 21 heavy (non-hydrogen) atoms. The molecule has 9 heteroatoms. The predicted molar refractivity (Wildman–Crippen MR) is 84.7 cm³/mol. The van der Waals surface area contributed by atoms with Crippen molar-refractivity contribution >= 4 is 45.6 Å². The number of non-ortho nitro benzene ring substituents is 1. The second kappa shape index (κ2) is 5.24. The minimum Gasteiger partial charge on any atom is -0.313 e. The summed E-state index contributed by atoms with van der Waals surface area (Å²) in [5, 5.41) is 14.9. The van der Waals surface area contributed by atoms with E-state index in [4.69, 9.17) is 0 Å². The monoisotopic (exact) mass is 396 g/mol. The van der Waals surface area contributed by atoms with Crippen LogP contribution >= 0.6 is 22.6 Å². The molecule has 0 saturated carbocycles. The van der Waals surface area contributed by atoms with E-state index in [2.05, 4.69) is 37.7 Å². The van der Waals surface area contributed by atoms with Crippen LogP contribution in [0.3, 0.4) is 0 Å². The molecule has 0 unspecified atom stereocenters. The van der Waals surface area contributed by atoms with Gasteiger partial charge in [0.1, 0.15) is 6.33 Å². The Bertz CT molecular complexity index is 816. The van der Waals surface area contributed by atoms with Crippen molar-refractivity contribution in [2.75, 3.05) is 11.9 Å². The van der Waals surface area contributed by atoms with E-state index in [1.54, 1.807) is 27.7 Å². The lowest BCUT2D eigenvalue weighted by Crippen LogP contribution is -2.16. The molecule has 8 nitrogen and oxygen atoms in total. The molecule has 0 aliphatic rings. The van der Waals surface area contributed by atoms with Gasteiger partial charge in [0.15, 0.2) is 5.65 Å². The Balaban J connectivity index is 2.03. The molecule has 0 bridgehead atoms. The van der Waals surface area contributed by atoms with Gasteiger partial charge in [-0.1, -0.05) is 0 Å². The summed E-state index contributed by atoms with van der Waals surface area (Å²) < 4.78 is 2.55. The number of aromatic nitrogens is 4. The maximum absolute atomic E-state index is 10.7. The molecule has 1 aromatic carbocycles. The fourth-order valence-corrected chi connectivity index (χ4v) is 2.41. The van der Waals surface area contributed by atoms with Crippen molar-refractivity contribution in [3.8, 4) is 0 Å². The molecular weight excluding hydrogens is 387 g/mol. The molecule has 0 fully saturated rings. The summed E-state index contributed by atoms with van der Waals surface area (Å²) >= 11 is 2.15. The Labute approximate surface area is 132 Å². The van der Waals surface area contributed by atoms with E-state index in [0.717, 1.165) is 14.9 Å². The van der Waals surface area contributed by atoms with Gasteiger partial charge < -0.3 is 4.90 Å². The average molecular weight is 396 g/mol. The van der Waals surface area contributed by atoms with Crippen LogP contribution in [0.5, 0.6) is 0 Å². The van der Waals surface area contributed by atoms with E-state index in [-0.39, 0.29) is 5.69 Å². The maximum Gasteiger partial charge on any atom is 0.269 e. The van der Waals surface area contributed by atoms with E-state index in [1.165, 1.54) is 18.5 Å². The van der Waals surface area contributed by atoms with Gasteiger partial charge in [-0.05, 0) is 34.7 Å². The summed E-state index contributed by atoms with van der Waals surface area (Å²) in [7, 11) is 1.82. The normalized spacial score (nSPS) is 10.8. The van der Waals surface area contributed by atoms with E-state index in [1.807, 2.05) is 7.05 Å². The zero-order chi connectivity index (χ0) is 15.0. The number of benzene rings is 1. The van der Waals surface area contributed by atoms with Crippen LogP contribution < -0.4 is 4.90 Å². The lowest BCUT2D eigenvalue weighted by atomic mass is 10.3. The van der Waals surface area contributed by atoms with Crippen LogP contribution in [0.1, 0.15) is 0 Å². The summed E-state index contributed by atoms with van der Waals surface area (Å²) in [5.74, 6) is 0.580. The topological polar surface area (TPSA) is 89.5 Å². The third-order valence-electron chi connectivity index (χ3n) is 2.99. The van der Waals surface area contributed by atoms with Crippen molar-refractivity contribution in [1.29, 1.82) is 0 Å². The van der Waals surface area contributed by atoms with Crippen molar-refractivity contribution in [2.45, 2.75) is 0 Å². The Kier molecular flexibility index (Phi) is 3.41. The molecule has 0 N–H and O–H groups in total. The van der Waals surface area contributed by atoms with Gasteiger partial charge in [-0.3, -0.25) is 10.1 Å². The van der Waals surface area contributed by atoms with Crippen LogP contribution in [0.4, 0.5) is 17.3 Å². The van der Waals surface area contributed by atoms with Crippen LogP contribution in [-0.4, -0.2) is 31.6 Å². The van der Waals surface area contributed by atoms with Crippen molar-refractivity contribution in [2.24, 2.45) is 0 Å². The van der Waals surface area contributed by atoms with E-state index in [0.29, 0.717) is 5.95 Å². The minimum absolute atomic E-state index is 0.0497. The zero-order valence-corrected chi connectivity index (χ0v) is 13.0. The van der Waals surface area contributed by atoms with Crippen molar-refractivity contribution < 1.29 is 4.92 Å². The van der Waals surface area contributed by atoms with Gasteiger partial charge in [0.2, 0.25) is 5.95 Å². The van der Waals surface area contributed by atoms with Crippen LogP contribution in [0, 0.1) is 13.7 Å². The molecule has 0 saturated heterocycles. The smallest absolute Gasteiger partial charge is 0.269 e. The van der Waals surface area contributed by atoms with E-state index < -0.39 is 4.92 Å². The first-order chi connectivity index (χ1) is 10.1. The molecule has 0 aliphatic carbocycles. The fourth-order valence-electron chi connectivity index (χ4n) is 1.92. The highest BCUT2D eigenvalue weighted by atomic mass is 127. The lowest BCUT2D eigenvalue weighted by molar-refractivity contribution is -0.384. The Morgan fingerprint density at radius 3 is 2.67 bits per heavy atom. The first-order valence-corrected chi connectivity index (χ1v) is 6.98. The third kappa shape index (κ3) is 2.39. The quantitative estimate of drug-likeness (QED) is 0.384. The highest BCUT2D eigenvalue weighted by Crippen LogP contribution is 2.24. The SMILES string of the molecule is CN(c1ccc([N+](=O)[O-])cc1)c1ncnc2c(I)cnn12. The number of nitro groups is 1. The van der Waals surface area contributed by atoms with Crippen molar-refractivity contribution in [3.05, 3.63) is 50.5 Å². The van der Waals surface area contributed by atoms with Gasteiger partial charge in [0.05, 0.1) is 14.7 Å². The molecule has 106 valence electrons. The van der Waals surface area contributed by atoms with Crippen LogP contribution in [0.2, 0.25) is 0 Å². The molecule has 0 radical (unpaired) electrons. The van der Waals surface area contributed by atoms with Crippen molar-refractivity contribution in [1.82, 2.24) is 19.6 Å². The first kappa shape index (κ1) is 13.7. The van der Waals surface area contributed by atoms with E-state index in [9.17, 15) is 10.1 Å². The number of hydrogen-bond acceptors (Lipinski definition) is 6. The third-order valence-corrected chi connectivity index (χ3v) is 3.75. The molecule has 2 aromatic heterocycles. The van der Waals surface area contributed by atoms with Crippen molar-refractivity contribution in [3.63, 3.8) is 0 Å². The van der Waals surface area contributed by atoms with Gasteiger partial charge in [0, 0.05) is 24.9 Å². The summed E-state index contributed by atoms with van der Waals surface area (Å²) in [6.07, 6.45) is 3.17. The maximum atomic E-state index is 10.7. The zero-order valence-electron chi connectivity index (χ0n) is 10.8. The number of rotatable bonds is 3. The second-order valence-corrected chi connectivity index (χ2v) is 5.40. The summed E-state index contributed by atoms with van der Waals surface area (Å²) in [6.45, 7) is 0. The summed E-state index contributed by atoms with van der Waals surface area (Å²) in [6, 6.07) is 6.25. The Hall–Kier alpha value is -2.30. The lowest BCUT2D eigenvalue weighted by Gasteiger charge is -2.18. The van der Waals surface area contributed by atoms with Gasteiger partial charge >= 0.3 is 0 Å². The van der Waals surface area contributed by atoms with E-state index >= 15 is 0 Å². The number of anilines is 2. The van der Waals surface area contributed by atoms with Gasteiger partial charge in [-0.25, -0.2) is 9.97 Å². The molecule has 0 spiro atoms. The Morgan fingerprint density at radius 2 is 2.00 bits per heavy atom. The highest BCUT2D eigenvalue weighted by Gasteiger charge is 2.14. The predicted octanol–water partition coefficient (Wildman–Crippen LogP) is 2.41. The van der Waals surface area contributed by atoms with Crippen LogP contribution in [0.25, 0.3) is 5.65 Å². The number of hydrogen-bond donors (Lipinski definition) is 0. The van der Waals surface area contributed by atoms with Crippen LogP contribution in [-0.2, 0) is 0 Å². The fraction of sp³-hybridized carbons (Fsp3) is 0.0833. The Morgan fingerprint density at radius 1 is 1.29 bits per heavy atom. The summed E-state index contributed by atoms with van der Waals surface area (Å²) in [5.41, 5.74) is 1.54. The van der Waals surface area contributed by atoms with Crippen LogP contribution in [0.15, 0.2) is 36.8 Å². The highest BCUT2D eigenvalue weighted by molar-refractivity contribution is 14.1. The standard InChI is InChI=1S/C12H9IN6O2/c1-17(8-2-4-9(5-3-8)19(20)21)12-15-7-14-11-10(13)6-16-18(11)12/h2-7H,1H3. The largest absolute Gasteiger partial charge is 0.313 e.